The molecule has 1 N–H and O–H groups in total. The first kappa shape index (κ1) is 24.1. The molecule has 1 atom stereocenters. The van der Waals surface area contributed by atoms with Crippen molar-refractivity contribution < 1.29 is 31.8 Å². The van der Waals surface area contributed by atoms with Crippen LogP contribution in [0.5, 0.6) is 5.75 Å². The standard InChI is InChI=1S/C21H17F5N6O3/c22-14-1-6-17(18(23)7-14)20(34,9-31-12-27-11-28-31)8-30-13-29-32(19(30)33)15-2-4-16(5-3-15)35-10-21(24,25)26/h1-7,11-13,34H,8-10H2/t20-/m0/s1. The maximum absolute atomic E-state index is 14.6. The van der Waals surface area contributed by atoms with Crippen molar-refractivity contribution in [3.05, 3.63) is 89.1 Å². The zero-order valence-electron chi connectivity index (χ0n) is 17.7. The second kappa shape index (κ2) is 9.29. The average Bonchev–Trinajstić information content (AvgIpc) is 3.42. The summed E-state index contributed by atoms with van der Waals surface area (Å²) < 4.78 is 72.8. The SMILES string of the molecule is O=c1n(C[C@](O)(Cn2cncn2)c2ccc(F)cc2F)cnn1-c1ccc(OCC(F)(F)F)cc1. The van der Waals surface area contributed by atoms with E-state index in [0.717, 1.165) is 27.7 Å². The second-order valence-electron chi connectivity index (χ2n) is 7.60. The first-order valence-electron chi connectivity index (χ1n) is 9.99. The smallest absolute Gasteiger partial charge is 0.422 e. The number of hydrogen-bond donors (Lipinski definition) is 1. The quantitative estimate of drug-likeness (QED) is 0.376. The number of halogens is 5. The first-order valence-corrected chi connectivity index (χ1v) is 9.99. The van der Waals surface area contributed by atoms with Crippen molar-refractivity contribution in [1.82, 2.24) is 29.1 Å². The Morgan fingerprint density at radius 2 is 1.71 bits per heavy atom. The molecule has 0 fully saturated rings. The molecule has 0 saturated heterocycles. The number of ether oxygens (including phenoxy) is 1. The summed E-state index contributed by atoms with van der Waals surface area (Å²) in [6.07, 6.45) is -0.916. The average molecular weight is 496 g/mol. The Balaban J connectivity index is 1.62. The van der Waals surface area contributed by atoms with Gasteiger partial charge in [0.1, 0.15) is 42.0 Å². The van der Waals surface area contributed by atoms with Gasteiger partial charge in [-0.15, -0.1) is 0 Å². The van der Waals surface area contributed by atoms with Crippen LogP contribution < -0.4 is 10.4 Å². The molecule has 2 heterocycles. The Morgan fingerprint density at radius 1 is 0.971 bits per heavy atom. The molecule has 0 radical (unpaired) electrons. The largest absolute Gasteiger partial charge is 0.484 e. The molecule has 4 rings (SSSR count). The van der Waals surface area contributed by atoms with Gasteiger partial charge in [0.2, 0.25) is 0 Å². The lowest BCUT2D eigenvalue weighted by molar-refractivity contribution is -0.153. The van der Waals surface area contributed by atoms with Crippen LogP contribution in [-0.4, -0.2) is 47.0 Å². The van der Waals surface area contributed by atoms with Gasteiger partial charge in [0.25, 0.3) is 0 Å². The van der Waals surface area contributed by atoms with Gasteiger partial charge in [-0.2, -0.15) is 28.1 Å². The molecule has 0 amide bonds. The topological polar surface area (TPSA) is 100.0 Å². The van der Waals surface area contributed by atoms with Crippen molar-refractivity contribution in [1.29, 1.82) is 0 Å². The lowest BCUT2D eigenvalue weighted by Gasteiger charge is -2.28. The van der Waals surface area contributed by atoms with Crippen LogP contribution >= 0.6 is 0 Å². The van der Waals surface area contributed by atoms with E-state index >= 15 is 0 Å². The fourth-order valence-electron chi connectivity index (χ4n) is 3.42. The molecule has 9 nitrogen and oxygen atoms in total. The maximum atomic E-state index is 14.6. The maximum Gasteiger partial charge on any atom is 0.422 e. The van der Waals surface area contributed by atoms with Crippen LogP contribution in [-0.2, 0) is 18.7 Å². The van der Waals surface area contributed by atoms with E-state index in [-0.39, 0.29) is 23.5 Å². The van der Waals surface area contributed by atoms with Gasteiger partial charge >= 0.3 is 11.9 Å². The van der Waals surface area contributed by atoms with Crippen LogP contribution in [0.2, 0.25) is 0 Å². The fourth-order valence-corrected chi connectivity index (χ4v) is 3.42. The summed E-state index contributed by atoms with van der Waals surface area (Å²) >= 11 is 0. The summed E-state index contributed by atoms with van der Waals surface area (Å²) in [5.41, 5.74) is -2.85. The Bertz CT molecular complexity index is 1350. The molecule has 0 aliphatic heterocycles. The molecule has 0 spiro atoms. The van der Waals surface area contributed by atoms with Gasteiger partial charge in [-0.1, -0.05) is 6.07 Å². The normalized spacial score (nSPS) is 13.5. The van der Waals surface area contributed by atoms with Crippen LogP contribution in [0.3, 0.4) is 0 Å². The molecular weight excluding hydrogens is 479 g/mol. The molecule has 4 aromatic rings. The minimum atomic E-state index is -4.50. The Labute approximate surface area is 193 Å². The molecule has 0 aliphatic carbocycles. The molecule has 2 aromatic carbocycles. The van der Waals surface area contributed by atoms with E-state index in [1.807, 2.05) is 0 Å². The highest BCUT2D eigenvalue weighted by molar-refractivity contribution is 5.36. The third-order valence-corrected chi connectivity index (χ3v) is 4.97. The molecular formula is C21H17F5N6O3. The van der Waals surface area contributed by atoms with Crippen LogP contribution in [0.1, 0.15) is 5.56 Å². The van der Waals surface area contributed by atoms with Gasteiger partial charge in [-0.25, -0.2) is 23.2 Å². The molecule has 0 aliphatic rings. The number of nitrogens with zero attached hydrogens (tertiary/aromatic N) is 6. The summed E-state index contributed by atoms with van der Waals surface area (Å²) in [6.45, 7) is -2.27. The molecule has 14 heteroatoms. The van der Waals surface area contributed by atoms with E-state index < -0.39 is 42.3 Å². The van der Waals surface area contributed by atoms with Crippen molar-refractivity contribution in [2.24, 2.45) is 0 Å². The van der Waals surface area contributed by atoms with Crippen molar-refractivity contribution in [3.63, 3.8) is 0 Å². The van der Waals surface area contributed by atoms with E-state index in [9.17, 15) is 31.9 Å². The fraction of sp³-hybridized carbons (Fsp3) is 0.238. The highest BCUT2D eigenvalue weighted by Gasteiger charge is 2.35. The van der Waals surface area contributed by atoms with Crippen molar-refractivity contribution in [2.45, 2.75) is 24.9 Å². The van der Waals surface area contributed by atoms with Crippen molar-refractivity contribution in [2.75, 3.05) is 6.61 Å². The Hall–Kier alpha value is -4.07. The first-order chi connectivity index (χ1) is 16.5. The highest BCUT2D eigenvalue weighted by atomic mass is 19.4. The van der Waals surface area contributed by atoms with Gasteiger partial charge in [0.05, 0.1) is 18.8 Å². The second-order valence-corrected chi connectivity index (χ2v) is 7.60. The number of aliphatic hydroxyl groups is 1. The molecule has 35 heavy (non-hydrogen) atoms. The summed E-state index contributed by atoms with van der Waals surface area (Å²) in [6, 6.07) is 7.77. The van der Waals surface area contributed by atoms with Gasteiger partial charge < -0.3 is 9.84 Å². The van der Waals surface area contributed by atoms with Crippen molar-refractivity contribution >= 4 is 0 Å². The number of benzene rings is 2. The molecule has 0 bridgehead atoms. The van der Waals surface area contributed by atoms with E-state index in [4.69, 9.17) is 0 Å². The Morgan fingerprint density at radius 3 is 2.34 bits per heavy atom. The molecule has 0 unspecified atom stereocenters. The lowest BCUT2D eigenvalue weighted by atomic mass is 9.92. The van der Waals surface area contributed by atoms with Crippen LogP contribution in [0.25, 0.3) is 5.69 Å². The van der Waals surface area contributed by atoms with Crippen LogP contribution in [0.15, 0.2) is 66.2 Å². The minimum absolute atomic E-state index is 0.0625. The zero-order valence-corrected chi connectivity index (χ0v) is 17.7. The molecule has 0 saturated carbocycles. The number of hydrogen-bond acceptors (Lipinski definition) is 6. The molecule has 184 valence electrons. The van der Waals surface area contributed by atoms with Gasteiger partial charge in [0, 0.05) is 11.6 Å². The zero-order chi connectivity index (χ0) is 25.2. The summed E-state index contributed by atoms with van der Waals surface area (Å²) in [5, 5.41) is 19.2. The number of alkyl halides is 3. The van der Waals surface area contributed by atoms with Crippen LogP contribution in [0, 0.1) is 11.6 Å². The monoisotopic (exact) mass is 496 g/mol. The van der Waals surface area contributed by atoms with Crippen molar-refractivity contribution in [3.8, 4) is 11.4 Å². The lowest BCUT2D eigenvalue weighted by Crippen LogP contribution is -2.40. The minimum Gasteiger partial charge on any atom is -0.484 e. The van der Waals surface area contributed by atoms with Crippen LogP contribution in [0.4, 0.5) is 22.0 Å². The molecule has 2 aromatic heterocycles. The number of aromatic nitrogens is 6. The summed E-state index contributed by atoms with van der Waals surface area (Å²) in [4.78, 5) is 16.7. The predicted octanol–water partition coefficient (Wildman–Crippen LogP) is 2.43. The summed E-state index contributed by atoms with van der Waals surface area (Å²) in [7, 11) is 0. The summed E-state index contributed by atoms with van der Waals surface area (Å²) in [5.74, 6) is -1.93. The van der Waals surface area contributed by atoms with E-state index in [1.54, 1.807) is 0 Å². The van der Waals surface area contributed by atoms with E-state index in [1.165, 1.54) is 41.6 Å². The number of rotatable bonds is 8. The van der Waals surface area contributed by atoms with E-state index in [0.29, 0.717) is 6.07 Å². The third kappa shape index (κ3) is 5.54. The highest BCUT2D eigenvalue weighted by Crippen LogP contribution is 2.28. The van der Waals surface area contributed by atoms with Gasteiger partial charge in [0.15, 0.2) is 6.61 Å². The van der Waals surface area contributed by atoms with Gasteiger partial charge in [-0.05, 0) is 30.3 Å². The third-order valence-electron chi connectivity index (χ3n) is 4.97. The predicted molar refractivity (Wildman–Crippen MR) is 110 cm³/mol. The van der Waals surface area contributed by atoms with Gasteiger partial charge in [-0.3, -0.25) is 4.57 Å². The van der Waals surface area contributed by atoms with E-state index in [2.05, 4.69) is 19.9 Å². The Kier molecular flexibility index (Phi) is 6.39.